The second-order valence-electron chi connectivity index (χ2n) is 16.6. The van der Waals surface area contributed by atoms with Crippen LogP contribution in [0.2, 0.25) is 0 Å². The zero-order valence-electron chi connectivity index (χ0n) is 33.8. The zero-order valence-corrected chi connectivity index (χ0v) is 34.7. The number of hydrogen-bond donors (Lipinski definition) is 4. The number of benzene rings is 2. The van der Waals surface area contributed by atoms with Crippen molar-refractivity contribution in [1.29, 1.82) is 0 Å². The summed E-state index contributed by atoms with van der Waals surface area (Å²) in [5.74, 6) is -1.19. The molecular formula is C42H52N6O10S. The molecule has 7 atom stereocenters. The Bertz CT molecular complexity index is 2250. The van der Waals surface area contributed by atoms with E-state index in [0.29, 0.717) is 59.5 Å². The quantitative estimate of drug-likeness (QED) is 0.207. The van der Waals surface area contributed by atoms with E-state index < -0.39 is 74.7 Å². The molecule has 0 radical (unpaired) electrons. The van der Waals surface area contributed by atoms with Gasteiger partial charge in [0.25, 0.3) is 5.91 Å². The third-order valence-electron chi connectivity index (χ3n) is 11.5. The first-order valence-electron chi connectivity index (χ1n) is 20.2. The van der Waals surface area contributed by atoms with Crippen LogP contribution in [0.4, 0.5) is 4.79 Å². The van der Waals surface area contributed by atoms with Gasteiger partial charge in [-0.25, -0.2) is 18.2 Å². The molecule has 2 saturated carbocycles. The van der Waals surface area contributed by atoms with Crippen LogP contribution in [0, 0.1) is 17.8 Å². The van der Waals surface area contributed by atoms with Gasteiger partial charge in [-0.1, -0.05) is 26.0 Å². The molecule has 1 aromatic heterocycles. The lowest BCUT2D eigenvalue weighted by molar-refractivity contribution is -0.142. The van der Waals surface area contributed by atoms with Crippen LogP contribution in [0.1, 0.15) is 72.6 Å². The highest BCUT2D eigenvalue weighted by atomic mass is 32.2. The second-order valence-corrected chi connectivity index (χ2v) is 18.6. The Balaban J connectivity index is 1.24. The molecule has 2 aromatic carbocycles. The molecule has 4 N–H and O–H groups in total. The number of sulfonamides is 1. The minimum absolute atomic E-state index is 0.0181. The molecule has 0 spiro atoms. The maximum absolute atomic E-state index is 14.6. The van der Waals surface area contributed by atoms with Gasteiger partial charge in [-0.2, -0.15) is 4.98 Å². The highest BCUT2D eigenvalue weighted by molar-refractivity contribution is 7.91. The van der Waals surface area contributed by atoms with E-state index in [1.807, 2.05) is 57.2 Å². The molecule has 316 valence electrons. The van der Waals surface area contributed by atoms with Gasteiger partial charge in [-0.15, -0.1) is 0 Å². The third-order valence-corrected chi connectivity index (χ3v) is 13.3. The highest BCUT2D eigenvalue weighted by Crippen LogP contribution is 2.46. The fourth-order valence-corrected chi connectivity index (χ4v) is 9.53. The van der Waals surface area contributed by atoms with E-state index in [1.54, 1.807) is 32.2 Å². The molecule has 3 fully saturated rings. The first-order valence-corrected chi connectivity index (χ1v) is 21.8. The lowest BCUT2D eigenvalue weighted by Gasteiger charge is -2.32. The lowest BCUT2D eigenvalue weighted by atomic mass is 9.88. The molecule has 2 aliphatic carbocycles. The zero-order chi connectivity index (χ0) is 42.2. The van der Waals surface area contributed by atoms with Crippen molar-refractivity contribution in [2.24, 2.45) is 17.8 Å². The van der Waals surface area contributed by atoms with Crippen molar-refractivity contribution in [3.63, 3.8) is 0 Å². The molecule has 4 aliphatic rings. The fraction of sp³-hybridized carbons (Fsp3) is 0.524. The summed E-state index contributed by atoms with van der Waals surface area (Å²) in [4.78, 5) is 66.0. The topological polar surface area (TPSA) is 215 Å². The number of carbonyl (C=O) groups excluding carboxylic acids is 3. The molecule has 2 aliphatic heterocycles. The molecule has 4 amide bonds. The summed E-state index contributed by atoms with van der Waals surface area (Å²) in [7, 11) is -2.39. The number of carboxylic acid groups (broad SMARTS) is 1. The molecule has 1 saturated heterocycles. The summed E-state index contributed by atoms with van der Waals surface area (Å²) in [5, 5.41) is 15.0. The molecule has 17 heteroatoms. The van der Waals surface area contributed by atoms with Crippen molar-refractivity contribution < 1.29 is 46.9 Å². The number of aromatic nitrogens is 2. The molecule has 3 heterocycles. The number of allylic oxidation sites excluding steroid dienone is 1. The van der Waals surface area contributed by atoms with Crippen molar-refractivity contribution in [2.45, 2.75) is 108 Å². The minimum atomic E-state index is -3.94. The number of fused-ring (bicyclic) bond motifs is 3. The van der Waals surface area contributed by atoms with E-state index in [-0.39, 0.29) is 37.3 Å². The second kappa shape index (κ2) is 16.7. The Hall–Kier alpha value is -5.45. The van der Waals surface area contributed by atoms with E-state index >= 15 is 0 Å². The van der Waals surface area contributed by atoms with E-state index in [9.17, 15) is 32.7 Å². The van der Waals surface area contributed by atoms with Crippen LogP contribution in [0.3, 0.4) is 0 Å². The molecule has 0 bridgehead atoms. The summed E-state index contributed by atoms with van der Waals surface area (Å²) < 4.78 is 45.9. The first-order chi connectivity index (χ1) is 28.1. The predicted octanol–water partition coefficient (Wildman–Crippen LogP) is 4.57. The summed E-state index contributed by atoms with van der Waals surface area (Å²) >= 11 is 0. The van der Waals surface area contributed by atoms with Crippen molar-refractivity contribution in [2.75, 3.05) is 13.7 Å². The number of nitrogens with zero attached hydrogens (tertiary/aromatic N) is 3. The number of ether oxygens (including phenoxy) is 3. The first kappa shape index (κ1) is 41.7. The smallest absolute Gasteiger partial charge is 0.405 e. The average Bonchev–Trinajstić information content (AvgIpc) is 4.11. The maximum Gasteiger partial charge on any atom is 0.405 e. The van der Waals surface area contributed by atoms with Gasteiger partial charge in [0.2, 0.25) is 27.7 Å². The fourth-order valence-electron chi connectivity index (χ4n) is 8.17. The summed E-state index contributed by atoms with van der Waals surface area (Å²) in [6.07, 6.45) is 4.45. The van der Waals surface area contributed by atoms with Gasteiger partial charge in [0.1, 0.15) is 35.2 Å². The van der Waals surface area contributed by atoms with Crippen molar-refractivity contribution >= 4 is 44.7 Å². The summed E-state index contributed by atoms with van der Waals surface area (Å²) in [6, 6.07) is 10.1. The standard InChI is InChI=1S/C42H52N6O10S/c1-23(2)57-28-12-10-26(11-13-28)36-43-33-19-29(56-5)14-17-32(33)38(45-36)58-30-20-34-37(49)46-42(40(51)47-59(54,55)31-15-16-31)21-27(42)9-7-6-8-24(3)18-25(4)35(44-41(52)53)39(50)48(34)22-30/h7,9-14,17,19,23-25,27,30-31,34-35,44H,6,8,15-16,18,20-22H2,1-5H3,(H,46,49)(H,47,51)(H,52,53)/t24-,25+,27+,30+,34-,35-,42+/m0/s1. The van der Waals surface area contributed by atoms with Crippen molar-refractivity contribution in [1.82, 2.24) is 30.2 Å². The number of rotatable bonds is 10. The van der Waals surface area contributed by atoms with Crippen LogP contribution in [0.15, 0.2) is 54.6 Å². The normalized spacial score (nSPS) is 27.5. The third kappa shape index (κ3) is 9.24. The molecule has 16 nitrogen and oxygen atoms in total. The van der Waals surface area contributed by atoms with Crippen LogP contribution in [-0.4, -0.2) is 101 Å². The molecular weight excluding hydrogens is 781 g/mol. The number of nitrogens with one attached hydrogen (secondary N) is 3. The Morgan fingerprint density at radius 2 is 1.75 bits per heavy atom. The van der Waals surface area contributed by atoms with Crippen LogP contribution in [0.5, 0.6) is 17.4 Å². The monoisotopic (exact) mass is 832 g/mol. The van der Waals surface area contributed by atoms with Gasteiger partial charge in [-0.05, 0) is 101 Å². The van der Waals surface area contributed by atoms with Gasteiger partial charge < -0.3 is 34.9 Å². The maximum atomic E-state index is 14.6. The van der Waals surface area contributed by atoms with E-state index in [1.165, 1.54) is 4.90 Å². The van der Waals surface area contributed by atoms with E-state index in [0.717, 1.165) is 6.42 Å². The Morgan fingerprint density at radius 1 is 1.02 bits per heavy atom. The Morgan fingerprint density at radius 3 is 2.42 bits per heavy atom. The summed E-state index contributed by atoms with van der Waals surface area (Å²) in [5.41, 5.74) is -0.368. The number of carbonyl (C=O) groups is 4. The lowest BCUT2D eigenvalue weighted by Crippen LogP contribution is -2.59. The molecule has 3 aromatic rings. The van der Waals surface area contributed by atoms with Crippen molar-refractivity contribution in [3.05, 3.63) is 54.6 Å². The SMILES string of the molecule is COc1ccc2c(O[C@@H]3C[C@H]4C(=O)N[C@]5(C(=O)NS(=O)(=O)C6CC6)C[C@H]5C=CCC[C@H](C)C[C@@H](C)[C@H](NC(=O)O)C(=O)N4C3)nc(-c3ccc(OC(C)C)cc3)nc2c1. The van der Waals surface area contributed by atoms with Gasteiger partial charge >= 0.3 is 6.09 Å². The Labute approximate surface area is 343 Å². The Kier molecular flexibility index (Phi) is 11.8. The number of hydrogen-bond acceptors (Lipinski definition) is 11. The van der Waals surface area contributed by atoms with E-state index in [2.05, 4.69) is 15.4 Å². The molecule has 7 rings (SSSR count). The van der Waals surface area contributed by atoms with Gasteiger partial charge in [0, 0.05) is 24.0 Å². The molecule has 0 unspecified atom stereocenters. The van der Waals surface area contributed by atoms with Gasteiger partial charge in [0.05, 0.1) is 35.9 Å². The van der Waals surface area contributed by atoms with Crippen LogP contribution in [0.25, 0.3) is 22.3 Å². The van der Waals surface area contributed by atoms with Crippen LogP contribution < -0.4 is 29.6 Å². The minimum Gasteiger partial charge on any atom is -0.497 e. The van der Waals surface area contributed by atoms with Crippen LogP contribution in [-0.2, 0) is 24.4 Å². The van der Waals surface area contributed by atoms with E-state index in [4.69, 9.17) is 24.2 Å². The van der Waals surface area contributed by atoms with Gasteiger partial charge in [0.15, 0.2) is 5.82 Å². The number of amides is 4. The van der Waals surface area contributed by atoms with Gasteiger partial charge in [-0.3, -0.25) is 19.1 Å². The van der Waals surface area contributed by atoms with Crippen LogP contribution >= 0.6 is 0 Å². The van der Waals surface area contributed by atoms with Crippen molar-refractivity contribution in [3.8, 4) is 28.8 Å². The largest absolute Gasteiger partial charge is 0.497 e. The molecule has 59 heavy (non-hydrogen) atoms. The average molecular weight is 833 g/mol. The predicted molar refractivity (Wildman–Crippen MR) is 217 cm³/mol. The number of methoxy groups -OCH3 is 1. The highest BCUT2D eigenvalue weighted by Gasteiger charge is 2.62. The summed E-state index contributed by atoms with van der Waals surface area (Å²) in [6.45, 7) is 7.59.